The molecule has 2 heteroatoms. The minimum absolute atomic E-state index is 0. The fourth-order valence-electron chi connectivity index (χ4n) is 1.02. The Morgan fingerprint density at radius 2 is 2.30 bits per heavy atom. The normalized spacial score (nSPS) is 16.9. The van der Waals surface area contributed by atoms with Crippen molar-refractivity contribution < 1.29 is 36.2 Å². The Morgan fingerprint density at radius 1 is 1.60 bits per heavy atom. The van der Waals surface area contributed by atoms with Crippen LogP contribution in [0.5, 0.6) is 0 Å². The summed E-state index contributed by atoms with van der Waals surface area (Å²) in [6.07, 6.45) is 6.92. The van der Waals surface area contributed by atoms with Crippen molar-refractivity contribution >= 4 is 0 Å². The van der Waals surface area contributed by atoms with Gasteiger partial charge in [0.2, 0.25) is 0 Å². The van der Waals surface area contributed by atoms with Gasteiger partial charge in [0.25, 0.3) is 0 Å². The Hall–Kier alpha value is 0.332. The van der Waals surface area contributed by atoms with Crippen molar-refractivity contribution in [2.75, 3.05) is 0 Å². The minimum Gasteiger partial charge on any atom is -0.508 e. The van der Waals surface area contributed by atoms with Crippen LogP contribution in [0.1, 0.15) is 26.2 Å². The van der Waals surface area contributed by atoms with E-state index in [1.807, 2.05) is 12.2 Å². The molecule has 0 amide bonds. The summed E-state index contributed by atoms with van der Waals surface area (Å²) in [5.74, 6) is 0.443. The van der Waals surface area contributed by atoms with E-state index in [9.17, 15) is 0 Å². The zero-order valence-electron chi connectivity index (χ0n) is 6.22. The fraction of sp³-hybridized carbons (Fsp3) is 0.500. The van der Waals surface area contributed by atoms with E-state index in [0.29, 0.717) is 5.76 Å². The average Bonchev–Trinajstić information content (AvgIpc) is 1.88. The Morgan fingerprint density at radius 3 is 2.70 bits per heavy atom. The summed E-state index contributed by atoms with van der Waals surface area (Å²) in [4.78, 5) is 0. The van der Waals surface area contributed by atoms with Crippen LogP contribution in [0.3, 0.4) is 0 Å². The van der Waals surface area contributed by atoms with Gasteiger partial charge in [0.1, 0.15) is 5.76 Å². The van der Waals surface area contributed by atoms with Crippen molar-refractivity contribution in [3.05, 3.63) is 23.5 Å². The zero-order chi connectivity index (χ0) is 6.69. The summed E-state index contributed by atoms with van der Waals surface area (Å²) in [5, 5.41) is 9.00. The first-order valence-corrected chi connectivity index (χ1v) is 3.41. The molecule has 0 saturated carbocycles. The Balaban J connectivity index is 0.000000810. The molecule has 0 aliphatic heterocycles. The number of rotatable bonds is 1. The third kappa shape index (κ3) is 2.95. The Bertz CT molecular complexity index is 159. The van der Waals surface area contributed by atoms with Crippen LogP contribution < -0.4 is 0 Å². The largest absolute Gasteiger partial charge is 0.508 e. The first-order valence-electron chi connectivity index (χ1n) is 3.41. The van der Waals surface area contributed by atoms with Crippen LogP contribution in [0.15, 0.2) is 23.5 Å². The van der Waals surface area contributed by atoms with Crippen LogP contribution in [0, 0.1) is 31.1 Å². The minimum atomic E-state index is 0. The van der Waals surface area contributed by atoms with Crippen LogP contribution in [0.2, 0.25) is 0 Å². The molecule has 10 heavy (non-hydrogen) atoms. The zero-order valence-corrected chi connectivity index (χ0v) is 10.4. The van der Waals surface area contributed by atoms with Gasteiger partial charge in [-0.3, -0.25) is 0 Å². The maximum atomic E-state index is 9.00. The molecule has 1 nitrogen and oxygen atoms in total. The SMILES string of the molecule is CCC1=CC(O)=CCC1.[U]. The van der Waals surface area contributed by atoms with Gasteiger partial charge in [0.15, 0.2) is 0 Å². The summed E-state index contributed by atoms with van der Waals surface area (Å²) in [5.41, 5.74) is 1.36. The predicted octanol–water partition coefficient (Wildman–Crippen LogP) is 2.56. The summed E-state index contributed by atoms with van der Waals surface area (Å²) in [6, 6.07) is 0. The second kappa shape index (κ2) is 5.04. The van der Waals surface area contributed by atoms with Gasteiger partial charge in [-0.1, -0.05) is 12.5 Å². The van der Waals surface area contributed by atoms with Crippen LogP contribution >= 0.6 is 0 Å². The fourth-order valence-corrected chi connectivity index (χ4v) is 1.02. The van der Waals surface area contributed by atoms with Crippen molar-refractivity contribution in [1.82, 2.24) is 0 Å². The molecule has 1 aliphatic carbocycles. The summed E-state index contributed by atoms with van der Waals surface area (Å²) in [7, 11) is 0. The van der Waals surface area contributed by atoms with E-state index < -0.39 is 0 Å². The number of hydrogen-bond donors (Lipinski definition) is 1. The molecule has 0 spiro atoms. The van der Waals surface area contributed by atoms with Gasteiger partial charge < -0.3 is 5.11 Å². The van der Waals surface area contributed by atoms with Gasteiger partial charge in [-0.05, 0) is 31.4 Å². The van der Waals surface area contributed by atoms with Gasteiger partial charge in [-0.2, -0.15) is 0 Å². The Labute approximate surface area is 85.6 Å². The standard InChI is InChI=1S/C8H12O.U/c1-2-7-4-3-5-8(9)6-7;/h5-6,9H,2-4H2,1H3;. The molecule has 0 bridgehead atoms. The van der Waals surface area contributed by atoms with E-state index in [2.05, 4.69) is 6.92 Å². The molecule has 0 saturated heterocycles. The smallest absolute Gasteiger partial charge is 0.111 e. The molecular formula is C8H12OU. The maximum Gasteiger partial charge on any atom is 0.111 e. The Kier molecular flexibility index (Phi) is 5.21. The molecule has 1 aliphatic rings. The summed E-state index contributed by atoms with van der Waals surface area (Å²) < 4.78 is 0. The number of aliphatic hydroxyl groups excluding tert-OH is 1. The van der Waals surface area contributed by atoms with Crippen LogP contribution in [-0.2, 0) is 0 Å². The van der Waals surface area contributed by atoms with E-state index in [-0.39, 0.29) is 31.1 Å². The van der Waals surface area contributed by atoms with E-state index in [1.165, 1.54) is 5.57 Å². The first-order chi connectivity index (χ1) is 4.33. The molecule has 0 heterocycles. The van der Waals surface area contributed by atoms with Gasteiger partial charge in [0, 0.05) is 31.1 Å². The monoisotopic (exact) mass is 362 g/mol. The quantitative estimate of drug-likeness (QED) is 0.760. The van der Waals surface area contributed by atoms with Crippen molar-refractivity contribution in [2.45, 2.75) is 26.2 Å². The van der Waals surface area contributed by atoms with E-state index in [0.717, 1.165) is 19.3 Å². The van der Waals surface area contributed by atoms with Gasteiger partial charge in [-0.25, -0.2) is 0 Å². The second-order valence-corrected chi connectivity index (χ2v) is 2.32. The number of allylic oxidation sites excluding steroid dienone is 3. The molecule has 54 valence electrons. The van der Waals surface area contributed by atoms with Gasteiger partial charge in [-0.15, -0.1) is 0 Å². The second-order valence-electron chi connectivity index (χ2n) is 2.32. The van der Waals surface area contributed by atoms with Crippen LogP contribution in [0.4, 0.5) is 0 Å². The molecule has 0 radical (unpaired) electrons. The summed E-state index contributed by atoms with van der Waals surface area (Å²) >= 11 is 0. The van der Waals surface area contributed by atoms with Gasteiger partial charge >= 0.3 is 0 Å². The maximum absolute atomic E-state index is 9.00. The predicted molar refractivity (Wildman–Crippen MR) is 38.3 cm³/mol. The number of aliphatic hydroxyl groups is 1. The molecule has 0 aromatic carbocycles. The molecule has 0 fully saturated rings. The van der Waals surface area contributed by atoms with E-state index in [4.69, 9.17) is 5.11 Å². The molecular weight excluding hydrogens is 350 g/mol. The molecule has 0 atom stereocenters. The molecule has 1 rings (SSSR count). The third-order valence-corrected chi connectivity index (χ3v) is 1.63. The number of hydrogen-bond acceptors (Lipinski definition) is 1. The van der Waals surface area contributed by atoms with Crippen LogP contribution in [-0.4, -0.2) is 5.11 Å². The van der Waals surface area contributed by atoms with Crippen molar-refractivity contribution in [3.63, 3.8) is 0 Å². The van der Waals surface area contributed by atoms with Crippen molar-refractivity contribution in [3.8, 4) is 0 Å². The first kappa shape index (κ1) is 10.3. The molecule has 1 N–H and O–H groups in total. The topological polar surface area (TPSA) is 20.2 Å². The molecule has 0 aromatic rings. The average molecular weight is 362 g/mol. The van der Waals surface area contributed by atoms with E-state index in [1.54, 1.807) is 0 Å². The van der Waals surface area contributed by atoms with Crippen molar-refractivity contribution in [2.24, 2.45) is 0 Å². The third-order valence-electron chi connectivity index (χ3n) is 1.63. The van der Waals surface area contributed by atoms with E-state index >= 15 is 0 Å². The van der Waals surface area contributed by atoms with Crippen LogP contribution in [0.25, 0.3) is 0 Å². The van der Waals surface area contributed by atoms with Gasteiger partial charge in [0.05, 0.1) is 0 Å². The molecule has 0 unspecified atom stereocenters. The van der Waals surface area contributed by atoms with Crippen molar-refractivity contribution in [1.29, 1.82) is 0 Å². The summed E-state index contributed by atoms with van der Waals surface area (Å²) in [6.45, 7) is 2.12. The molecule has 0 aromatic heterocycles.